The Kier molecular flexibility index (Phi) is 3.96. The third-order valence-corrected chi connectivity index (χ3v) is 5.34. The Morgan fingerprint density at radius 2 is 2.00 bits per heavy atom. The number of nitrogens with zero attached hydrogens (tertiary/aromatic N) is 1. The van der Waals surface area contributed by atoms with Crippen LogP contribution >= 0.6 is 0 Å². The summed E-state index contributed by atoms with van der Waals surface area (Å²) in [5, 5.41) is 9.08. The highest BCUT2D eigenvalue weighted by molar-refractivity contribution is 7.89. The van der Waals surface area contributed by atoms with E-state index in [0.717, 1.165) is 0 Å². The maximum Gasteiger partial charge on any atom is 0.335 e. The number of benzene rings is 1. The minimum atomic E-state index is -3.63. The van der Waals surface area contributed by atoms with Gasteiger partial charge in [0.25, 0.3) is 0 Å². The van der Waals surface area contributed by atoms with Crippen molar-refractivity contribution in [3.8, 4) is 0 Å². The molecule has 1 heterocycles. The van der Waals surface area contributed by atoms with Gasteiger partial charge in [-0.1, -0.05) is 17.7 Å². The van der Waals surface area contributed by atoms with E-state index in [0.29, 0.717) is 25.1 Å². The van der Waals surface area contributed by atoms with Crippen LogP contribution in [0.2, 0.25) is 0 Å². The van der Waals surface area contributed by atoms with Gasteiger partial charge in [0.15, 0.2) is 0 Å². The van der Waals surface area contributed by atoms with Crippen molar-refractivity contribution in [2.75, 3.05) is 13.1 Å². The number of carboxylic acids is 1. The quantitative estimate of drug-likeness (QED) is 0.866. The summed E-state index contributed by atoms with van der Waals surface area (Å²) in [4.78, 5) is 11.1. The highest BCUT2D eigenvalue weighted by atomic mass is 32.2. The number of rotatable bonds is 3. The molecule has 0 amide bonds. The van der Waals surface area contributed by atoms with Gasteiger partial charge in [0.1, 0.15) is 0 Å². The van der Waals surface area contributed by atoms with Gasteiger partial charge in [0.2, 0.25) is 10.0 Å². The molecule has 1 aromatic carbocycles. The van der Waals surface area contributed by atoms with E-state index in [2.05, 4.69) is 0 Å². The Morgan fingerprint density at radius 1 is 1.30 bits per heavy atom. The average molecular weight is 295 g/mol. The molecule has 1 aliphatic heterocycles. The van der Waals surface area contributed by atoms with Crippen molar-refractivity contribution in [1.29, 1.82) is 0 Å². The van der Waals surface area contributed by atoms with Crippen LogP contribution in [-0.2, 0) is 10.0 Å². The first kappa shape index (κ1) is 14.7. The van der Waals surface area contributed by atoms with E-state index >= 15 is 0 Å². The van der Waals surface area contributed by atoms with Crippen LogP contribution in [0, 0.1) is 6.92 Å². The van der Waals surface area contributed by atoms with Gasteiger partial charge >= 0.3 is 5.97 Å². The van der Waals surface area contributed by atoms with Crippen LogP contribution in [-0.4, -0.2) is 36.9 Å². The van der Waals surface area contributed by atoms with Gasteiger partial charge in [0.05, 0.1) is 10.5 Å². The predicted octanol–water partition coefficient (Wildman–Crippen LogP) is 2.03. The molecular formula is C14H17NO4S. The van der Waals surface area contributed by atoms with Crippen molar-refractivity contribution in [1.82, 2.24) is 4.31 Å². The molecule has 1 aromatic rings. The minimum absolute atomic E-state index is 0.0230. The fourth-order valence-electron chi connectivity index (χ4n) is 2.11. The molecule has 0 radical (unpaired) electrons. The van der Waals surface area contributed by atoms with Crippen LogP contribution in [0.25, 0.3) is 0 Å². The van der Waals surface area contributed by atoms with Crippen LogP contribution < -0.4 is 0 Å². The van der Waals surface area contributed by atoms with Crippen LogP contribution in [0.15, 0.2) is 34.7 Å². The number of hydrogen-bond donors (Lipinski definition) is 1. The van der Waals surface area contributed by atoms with Crippen molar-refractivity contribution >= 4 is 16.0 Å². The van der Waals surface area contributed by atoms with E-state index < -0.39 is 16.0 Å². The molecule has 0 fully saturated rings. The van der Waals surface area contributed by atoms with E-state index in [-0.39, 0.29) is 10.5 Å². The van der Waals surface area contributed by atoms with Crippen molar-refractivity contribution in [2.45, 2.75) is 25.2 Å². The van der Waals surface area contributed by atoms with E-state index in [1.165, 1.54) is 28.1 Å². The first-order valence-corrected chi connectivity index (χ1v) is 7.76. The minimum Gasteiger partial charge on any atom is -0.478 e. The van der Waals surface area contributed by atoms with Crippen LogP contribution in [0.3, 0.4) is 0 Å². The Hall–Kier alpha value is -1.66. The summed E-state index contributed by atoms with van der Waals surface area (Å²) in [7, 11) is -3.63. The van der Waals surface area contributed by atoms with E-state index in [1.54, 1.807) is 6.92 Å². The van der Waals surface area contributed by atoms with Crippen molar-refractivity contribution in [2.24, 2.45) is 0 Å². The first-order chi connectivity index (χ1) is 9.32. The summed E-state index contributed by atoms with van der Waals surface area (Å²) in [6, 6.07) is 4.22. The van der Waals surface area contributed by atoms with Gasteiger partial charge in [-0.25, -0.2) is 13.2 Å². The lowest BCUT2D eigenvalue weighted by Gasteiger charge is -2.25. The zero-order valence-corrected chi connectivity index (χ0v) is 12.3. The summed E-state index contributed by atoms with van der Waals surface area (Å²) < 4.78 is 26.3. The molecule has 2 rings (SSSR count). The Balaban J connectivity index is 2.40. The lowest BCUT2D eigenvalue weighted by molar-refractivity contribution is 0.0696. The first-order valence-electron chi connectivity index (χ1n) is 6.32. The van der Waals surface area contributed by atoms with Crippen LogP contribution in [0.5, 0.6) is 0 Å². The zero-order chi connectivity index (χ0) is 14.9. The molecular weight excluding hydrogens is 278 g/mol. The summed E-state index contributed by atoms with van der Waals surface area (Å²) in [5.41, 5.74) is 1.74. The monoisotopic (exact) mass is 295 g/mol. The highest BCUT2D eigenvalue weighted by Gasteiger charge is 2.26. The third kappa shape index (κ3) is 2.76. The fraction of sp³-hybridized carbons (Fsp3) is 0.357. The second kappa shape index (κ2) is 5.38. The maximum atomic E-state index is 12.5. The van der Waals surface area contributed by atoms with Gasteiger partial charge in [-0.2, -0.15) is 4.31 Å². The molecule has 5 nitrogen and oxygen atoms in total. The number of aromatic carboxylic acids is 1. The second-order valence-corrected chi connectivity index (χ2v) is 6.88. The largest absolute Gasteiger partial charge is 0.478 e. The molecule has 6 heteroatoms. The van der Waals surface area contributed by atoms with Crippen LogP contribution in [0.4, 0.5) is 0 Å². The summed E-state index contributed by atoms with van der Waals surface area (Å²) in [6.07, 6.45) is 2.59. The molecule has 0 saturated carbocycles. The average Bonchev–Trinajstić information content (AvgIpc) is 2.39. The SMILES string of the molecule is CC1=CCN(S(=O)(=O)c2ccc(C)c(C(=O)O)c2)CC1. The van der Waals surface area contributed by atoms with Gasteiger partial charge in [-0.05, 0) is 38.0 Å². The number of sulfonamides is 1. The van der Waals surface area contributed by atoms with Crippen molar-refractivity contribution in [3.05, 3.63) is 41.0 Å². The number of aryl methyl sites for hydroxylation is 1. The normalized spacial score (nSPS) is 16.8. The topological polar surface area (TPSA) is 74.7 Å². The molecule has 1 N–H and O–H groups in total. The second-order valence-electron chi connectivity index (χ2n) is 4.95. The van der Waals surface area contributed by atoms with Crippen molar-refractivity contribution in [3.63, 3.8) is 0 Å². The third-order valence-electron chi connectivity index (χ3n) is 3.48. The molecule has 0 spiro atoms. The van der Waals surface area contributed by atoms with Crippen molar-refractivity contribution < 1.29 is 18.3 Å². The molecule has 1 aliphatic rings. The molecule has 0 aliphatic carbocycles. The fourth-order valence-corrected chi connectivity index (χ4v) is 3.52. The number of carbonyl (C=O) groups is 1. The van der Waals surface area contributed by atoms with Gasteiger partial charge in [-0.3, -0.25) is 0 Å². The smallest absolute Gasteiger partial charge is 0.335 e. The van der Waals surface area contributed by atoms with Gasteiger partial charge < -0.3 is 5.11 Å². The highest BCUT2D eigenvalue weighted by Crippen LogP contribution is 2.22. The molecule has 0 atom stereocenters. The summed E-state index contributed by atoms with van der Waals surface area (Å²) >= 11 is 0. The predicted molar refractivity (Wildman–Crippen MR) is 75.3 cm³/mol. The molecule has 108 valence electrons. The maximum absolute atomic E-state index is 12.5. The molecule has 0 saturated heterocycles. The zero-order valence-electron chi connectivity index (χ0n) is 11.5. The van der Waals surface area contributed by atoms with Crippen LogP contribution in [0.1, 0.15) is 29.3 Å². The number of hydrogen-bond acceptors (Lipinski definition) is 3. The van der Waals surface area contributed by atoms with E-state index in [1.807, 2.05) is 13.0 Å². The lowest BCUT2D eigenvalue weighted by Crippen LogP contribution is -2.34. The number of carboxylic acid groups (broad SMARTS) is 1. The standard InChI is InChI=1S/C14H17NO4S/c1-10-5-7-15(8-6-10)20(18,19)12-4-3-11(2)13(9-12)14(16)17/h3-5,9H,6-8H2,1-2H3,(H,16,17). The van der Waals surface area contributed by atoms with Gasteiger partial charge in [0, 0.05) is 13.1 Å². The summed E-state index contributed by atoms with van der Waals surface area (Å²) in [6.45, 7) is 4.39. The van der Waals surface area contributed by atoms with Gasteiger partial charge in [-0.15, -0.1) is 0 Å². The Labute approximate surface area is 118 Å². The lowest BCUT2D eigenvalue weighted by atomic mass is 10.1. The molecule has 20 heavy (non-hydrogen) atoms. The molecule has 0 unspecified atom stereocenters. The molecule has 0 aromatic heterocycles. The summed E-state index contributed by atoms with van der Waals surface area (Å²) in [5.74, 6) is -1.12. The van der Waals surface area contributed by atoms with E-state index in [4.69, 9.17) is 5.11 Å². The Bertz CT molecular complexity index is 676. The van der Waals surface area contributed by atoms with E-state index in [9.17, 15) is 13.2 Å². The Morgan fingerprint density at radius 3 is 2.55 bits per heavy atom. The molecule has 0 bridgehead atoms.